The van der Waals surface area contributed by atoms with Crippen LogP contribution in [0.1, 0.15) is 22.8 Å². The molecule has 0 heterocycles. The Balaban J connectivity index is 3.27. The third kappa shape index (κ3) is 2.62. The molecule has 0 fully saturated rings. The highest BCUT2D eigenvalue weighted by molar-refractivity contribution is 6.31. The van der Waals surface area contributed by atoms with E-state index < -0.39 is 0 Å². The first-order valence-corrected chi connectivity index (χ1v) is 4.47. The third-order valence-corrected chi connectivity index (χ3v) is 2.06. The van der Waals surface area contributed by atoms with Gasteiger partial charge in [-0.1, -0.05) is 16.7 Å². The zero-order valence-electron chi connectivity index (χ0n) is 7.94. The molecule has 0 aliphatic rings. The monoisotopic (exact) mass is 225 g/mol. The Morgan fingerprint density at radius 2 is 2.33 bits per heavy atom. The summed E-state index contributed by atoms with van der Waals surface area (Å²) < 4.78 is 0. The molecular formula is C9H8ClN3O2. The van der Waals surface area contributed by atoms with Crippen LogP contribution in [-0.4, -0.2) is 10.9 Å². The van der Waals surface area contributed by atoms with Gasteiger partial charge in [0.05, 0.1) is 12.1 Å². The highest BCUT2D eigenvalue weighted by atomic mass is 35.5. The Morgan fingerprint density at radius 3 is 2.87 bits per heavy atom. The predicted molar refractivity (Wildman–Crippen MR) is 56.0 cm³/mol. The molecule has 5 nitrogen and oxygen atoms in total. The van der Waals surface area contributed by atoms with E-state index in [2.05, 4.69) is 10.0 Å². The lowest BCUT2D eigenvalue weighted by molar-refractivity contribution is 0.101. The lowest BCUT2D eigenvalue weighted by Gasteiger charge is -2.06. The van der Waals surface area contributed by atoms with Crippen LogP contribution >= 0.6 is 11.6 Å². The van der Waals surface area contributed by atoms with Crippen molar-refractivity contribution < 1.29 is 9.90 Å². The van der Waals surface area contributed by atoms with Crippen LogP contribution in [-0.2, 0) is 6.54 Å². The summed E-state index contributed by atoms with van der Waals surface area (Å²) in [5, 5.41) is 13.3. The first kappa shape index (κ1) is 11.4. The van der Waals surface area contributed by atoms with Crippen molar-refractivity contribution in [2.75, 3.05) is 0 Å². The Bertz CT molecular complexity index is 453. The van der Waals surface area contributed by atoms with Crippen LogP contribution in [0.25, 0.3) is 10.4 Å². The van der Waals surface area contributed by atoms with Gasteiger partial charge in [-0.2, -0.15) is 0 Å². The number of phenolic OH excluding ortho intramolecular Hbond substituents is 1. The molecule has 6 heteroatoms. The number of ketones is 1. The summed E-state index contributed by atoms with van der Waals surface area (Å²) in [7, 11) is 0. The maximum Gasteiger partial charge on any atom is 0.163 e. The fourth-order valence-corrected chi connectivity index (χ4v) is 1.39. The second-order valence-electron chi connectivity index (χ2n) is 2.91. The predicted octanol–water partition coefficient (Wildman–Crippen LogP) is 3.06. The van der Waals surface area contributed by atoms with Crippen LogP contribution in [0.5, 0.6) is 5.75 Å². The molecule has 0 atom stereocenters. The number of benzene rings is 1. The van der Waals surface area contributed by atoms with E-state index in [9.17, 15) is 9.90 Å². The summed E-state index contributed by atoms with van der Waals surface area (Å²) in [6, 6.07) is 2.83. The average molecular weight is 226 g/mol. The fourth-order valence-electron chi connectivity index (χ4n) is 1.15. The summed E-state index contributed by atoms with van der Waals surface area (Å²) in [4.78, 5) is 13.7. The van der Waals surface area contributed by atoms with E-state index in [4.69, 9.17) is 17.1 Å². The van der Waals surface area contributed by atoms with Crippen molar-refractivity contribution in [1.29, 1.82) is 0 Å². The number of rotatable bonds is 3. The van der Waals surface area contributed by atoms with Gasteiger partial charge in [0.25, 0.3) is 0 Å². The number of nitrogens with zero attached hydrogens (tertiary/aromatic N) is 3. The molecule has 0 saturated heterocycles. The minimum Gasteiger partial charge on any atom is -0.507 e. The lowest BCUT2D eigenvalue weighted by Crippen LogP contribution is -1.96. The van der Waals surface area contributed by atoms with E-state index in [0.29, 0.717) is 10.6 Å². The van der Waals surface area contributed by atoms with Crippen LogP contribution in [0.15, 0.2) is 17.2 Å². The number of azide groups is 1. The fraction of sp³-hybridized carbons (Fsp3) is 0.222. The quantitative estimate of drug-likeness (QED) is 0.371. The van der Waals surface area contributed by atoms with Gasteiger partial charge in [0.15, 0.2) is 5.78 Å². The van der Waals surface area contributed by atoms with Crippen LogP contribution in [0.4, 0.5) is 0 Å². The van der Waals surface area contributed by atoms with E-state index in [-0.39, 0.29) is 23.6 Å². The smallest absolute Gasteiger partial charge is 0.163 e. The van der Waals surface area contributed by atoms with Gasteiger partial charge in [0.2, 0.25) is 0 Å². The number of hydrogen-bond donors (Lipinski definition) is 1. The Morgan fingerprint density at radius 1 is 1.67 bits per heavy atom. The van der Waals surface area contributed by atoms with Crippen molar-refractivity contribution in [1.82, 2.24) is 0 Å². The highest BCUT2D eigenvalue weighted by Gasteiger charge is 2.12. The van der Waals surface area contributed by atoms with Crippen molar-refractivity contribution >= 4 is 17.4 Å². The SMILES string of the molecule is CC(=O)c1cc(Cl)cc(CN=[N+]=[N-])c1O. The molecule has 0 radical (unpaired) electrons. The van der Waals surface area contributed by atoms with Crippen LogP contribution < -0.4 is 0 Å². The van der Waals surface area contributed by atoms with E-state index in [1.807, 2.05) is 0 Å². The van der Waals surface area contributed by atoms with Crippen molar-refractivity contribution in [2.24, 2.45) is 5.11 Å². The summed E-state index contributed by atoms with van der Waals surface area (Å²) in [5.41, 5.74) is 8.61. The topological polar surface area (TPSA) is 86.1 Å². The standard InChI is InChI=1S/C9H8ClN3O2/c1-5(14)8-3-7(10)2-6(9(8)15)4-12-13-11/h2-3,15H,4H2,1H3. The van der Waals surface area contributed by atoms with Crippen LogP contribution in [0.3, 0.4) is 0 Å². The molecule has 0 aliphatic carbocycles. The van der Waals surface area contributed by atoms with Gasteiger partial charge >= 0.3 is 0 Å². The van der Waals surface area contributed by atoms with Crippen molar-refractivity contribution in [3.05, 3.63) is 38.7 Å². The number of carbonyl (C=O) groups is 1. The molecule has 1 aromatic carbocycles. The number of aromatic hydroxyl groups is 1. The molecule has 0 unspecified atom stereocenters. The van der Waals surface area contributed by atoms with Crippen LogP contribution in [0, 0.1) is 0 Å². The number of carbonyl (C=O) groups excluding carboxylic acids is 1. The molecule has 1 N–H and O–H groups in total. The molecule has 0 bridgehead atoms. The van der Waals surface area contributed by atoms with E-state index in [1.165, 1.54) is 19.1 Å². The molecule has 1 aromatic rings. The molecule has 78 valence electrons. The summed E-state index contributed by atoms with van der Waals surface area (Å²) in [5.74, 6) is -0.475. The first-order chi connectivity index (χ1) is 7.06. The van der Waals surface area contributed by atoms with Crippen LogP contribution in [0.2, 0.25) is 5.02 Å². The largest absolute Gasteiger partial charge is 0.507 e. The van der Waals surface area contributed by atoms with Gasteiger partial charge in [-0.15, -0.1) is 0 Å². The Labute approximate surface area is 90.9 Å². The minimum absolute atomic E-state index is 0.0385. The van der Waals surface area contributed by atoms with E-state index in [0.717, 1.165) is 0 Å². The number of halogens is 1. The zero-order valence-corrected chi connectivity index (χ0v) is 8.69. The van der Waals surface area contributed by atoms with Gasteiger partial charge < -0.3 is 5.11 Å². The van der Waals surface area contributed by atoms with Gasteiger partial charge in [0.1, 0.15) is 5.75 Å². The van der Waals surface area contributed by atoms with E-state index >= 15 is 0 Å². The van der Waals surface area contributed by atoms with Gasteiger partial charge in [-0.05, 0) is 24.6 Å². The average Bonchev–Trinajstić information content (AvgIpc) is 2.18. The third-order valence-electron chi connectivity index (χ3n) is 1.84. The molecule has 1 rings (SSSR count). The molecule has 0 amide bonds. The van der Waals surface area contributed by atoms with Gasteiger partial charge in [0, 0.05) is 15.5 Å². The Kier molecular flexibility index (Phi) is 3.55. The Hall–Kier alpha value is -1.71. The summed E-state index contributed by atoms with van der Waals surface area (Å²) >= 11 is 5.75. The maximum atomic E-state index is 11.1. The normalized spacial score (nSPS) is 9.47. The molecule has 15 heavy (non-hydrogen) atoms. The highest BCUT2D eigenvalue weighted by Crippen LogP contribution is 2.28. The lowest BCUT2D eigenvalue weighted by atomic mass is 10.1. The molecular weight excluding hydrogens is 218 g/mol. The summed E-state index contributed by atoms with van der Waals surface area (Å²) in [6.07, 6.45) is 0. The number of Topliss-reactive ketones (excluding diaryl/α,β-unsaturated/α-hetero) is 1. The molecule has 0 aromatic heterocycles. The zero-order chi connectivity index (χ0) is 11.4. The number of phenols is 1. The first-order valence-electron chi connectivity index (χ1n) is 4.09. The van der Waals surface area contributed by atoms with Gasteiger partial charge in [-0.25, -0.2) is 0 Å². The van der Waals surface area contributed by atoms with Gasteiger partial charge in [-0.3, -0.25) is 4.79 Å². The molecule has 0 aliphatic heterocycles. The molecule has 0 saturated carbocycles. The second kappa shape index (κ2) is 4.68. The van der Waals surface area contributed by atoms with Crippen molar-refractivity contribution in [2.45, 2.75) is 13.5 Å². The van der Waals surface area contributed by atoms with E-state index in [1.54, 1.807) is 0 Å². The van der Waals surface area contributed by atoms with Crippen molar-refractivity contribution in [3.63, 3.8) is 0 Å². The number of hydrogen-bond acceptors (Lipinski definition) is 3. The summed E-state index contributed by atoms with van der Waals surface area (Å²) in [6.45, 7) is 1.28. The van der Waals surface area contributed by atoms with Crippen molar-refractivity contribution in [3.8, 4) is 5.75 Å². The minimum atomic E-state index is -0.294. The molecule has 0 spiro atoms. The maximum absolute atomic E-state index is 11.1. The second-order valence-corrected chi connectivity index (χ2v) is 3.34.